The highest BCUT2D eigenvalue weighted by Crippen LogP contribution is 2.77. The third-order valence-corrected chi connectivity index (χ3v) is 13.5. The topological polar surface area (TPSA) is 20.2 Å². The minimum Gasteiger partial charge on any atom is -0.393 e. The van der Waals surface area contributed by atoms with Gasteiger partial charge in [0.15, 0.2) is 0 Å². The molecule has 5 rings (SSSR count). The second-order valence-corrected chi connectivity index (χ2v) is 14.7. The quantitative estimate of drug-likeness (QED) is 0.421. The zero-order valence-electron chi connectivity index (χ0n) is 21.7. The zero-order valence-corrected chi connectivity index (χ0v) is 21.7. The van der Waals surface area contributed by atoms with E-state index in [4.69, 9.17) is 0 Å². The maximum absolute atomic E-state index is 10.9. The van der Waals surface area contributed by atoms with Crippen molar-refractivity contribution >= 4 is 0 Å². The van der Waals surface area contributed by atoms with Crippen molar-refractivity contribution in [1.82, 2.24) is 0 Å². The molecule has 5 saturated carbocycles. The molecule has 0 aromatic carbocycles. The predicted molar refractivity (Wildman–Crippen MR) is 131 cm³/mol. The largest absolute Gasteiger partial charge is 0.393 e. The summed E-state index contributed by atoms with van der Waals surface area (Å²) in [6.45, 7) is 22.3. The summed E-state index contributed by atoms with van der Waals surface area (Å²) < 4.78 is 0. The van der Waals surface area contributed by atoms with Gasteiger partial charge in [0, 0.05) is 0 Å². The molecule has 0 spiro atoms. The molecule has 1 N–H and O–H groups in total. The Morgan fingerprint density at radius 3 is 2.13 bits per heavy atom. The van der Waals surface area contributed by atoms with Crippen LogP contribution in [-0.4, -0.2) is 11.2 Å². The molecule has 0 heterocycles. The lowest BCUT2D eigenvalue weighted by Gasteiger charge is -2.73. The van der Waals surface area contributed by atoms with E-state index in [1.54, 1.807) is 0 Å². The Hall–Kier alpha value is -0.300. The van der Waals surface area contributed by atoms with E-state index in [1.165, 1.54) is 63.4 Å². The van der Waals surface area contributed by atoms with E-state index in [0.29, 0.717) is 27.6 Å². The third kappa shape index (κ3) is 2.65. The highest BCUT2D eigenvalue weighted by Gasteiger charge is 2.70. The molecule has 5 fully saturated rings. The molecule has 0 bridgehead atoms. The number of rotatable bonds is 1. The van der Waals surface area contributed by atoms with E-state index in [1.807, 2.05) is 0 Å². The monoisotopic (exact) mass is 426 g/mol. The van der Waals surface area contributed by atoms with Crippen LogP contribution in [-0.2, 0) is 0 Å². The molecule has 31 heavy (non-hydrogen) atoms. The lowest BCUT2D eigenvalue weighted by atomic mass is 9.32. The molecule has 176 valence electrons. The molecule has 5 aliphatic carbocycles. The molecule has 1 heteroatoms. The molecule has 0 amide bonds. The fraction of sp³-hybridized carbons (Fsp3) is 0.933. The number of hydrogen-bond donors (Lipinski definition) is 1. The van der Waals surface area contributed by atoms with Crippen LogP contribution in [0.4, 0.5) is 0 Å². The van der Waals surface area contributed by atoms with Gasteiger partial charge in [-0.1, -0.05) is 53.7 Å². The molecule has 4 unspecified atom stereocenters. The summed E-state index contributed by atoms with van der Waals surface area (Å²) in [6, 6.07) is 0. The normalized spacial score (nSPS) is 57.9. The number of aliphatic hydroxyl groups excluding tert-OH is 1. The molecule has 0 aliphatic heterocycles. The van der Waals surface area contributed by atoms with Crippen LogP contribution in [0.15, 0.2) is 12.2 Å². The number of aliphatic hydroxyl groups is 1. The van der Waals surface area contributed by atoms with Crippen LogP contribution in [0, 0.1) is 56.7 Å². The van der Waals surface area contributed by atoms with Gasteiger partial charge in [-0.15, -0.1) is 0 Å². The van der Waals surface area contributed by atoms with E-state index in [-0.39, 0.29) is 11.5 Å². The summed E-state index contributed by atoms with van der Waals surface area (Å²) in [5, 5.41) is 10.9. The van der Waals surface area contributed by atoms with Crippen LogP contribution in [0.2, 0.25) is 0 Å². The molecule has 0 saturated heterocycles. The summed E-state index contributed by atoms with van der Waals surface area (Å²) in [7, 11) is 0. The summed E-state index contributed by atoms with van der Waals surface area (Å²) in [4.78, 5) is 0. The average molecular weight is 427 g/mol. The van der Waals surface area contributed by atoms with Gasteiger partial charge in [0.2, 0.25) is 0 Å². The minimum absolute atomic E-state index is 0.0632. The average Bonchev–Trinajstić information content (AvgIpc) is 3.04. The Morgan fingerprint density at radius 2 is 1.45 bits per heavy atom. The summed E-state index contributed by atoms with van der Waals surface area (Å²) in [5.41, 5.74) is 3.38. The van der Waals surface area contributed by atoms with Crippen molar-refractivity contribution in [2.45, 2.75) is 119 Å². The highest BCUT2D eigenvalue weighted by atomic mass is 16.3. The van der Waals surface area contributed by atoms with E-state index >= 15 is 0 Å². The fourth-order valence-electron chi connectivity index (χ4n) is 11.5. The van der Waals surface area contributed by atoms with Crippen LogP contribution in [0.1, 0.15) is 113 Å². The number of allylic oxidation sites excluding steroid dienone is 1. The van der Waals surface area contributed by atoms with Crippen LogP contribution >= 0.6 is 0 Å². The second-order valence-electron chi connectivity index (χ2n) is 14.7. The van der Waals surface area contributed by atoms with Crippen molar-refractivity contribution in [1.29, 1.82) is 0 Å². The summed E-state index contributed by atoms with van der Waals surface area (Å²) in [6.07, 6.45) is 13.4. The van der Waals surface area contributed by atoms with E-state index < -0.39 is 0 Å². The van der Waals surface area contributed by atoms with E-state index in [2.05, 4.69) is 55.0 Å². The van der Waals surface area contributed by atoms with E-state index in [9.17, 15) is 5.11 Å². The van der Waals surface area contributed by atoms with Gasteiger partial charge in [-0.05, 0) is 128 Å². The molecule has 1 nitrogen and oxygen atoms in total. The van der Waals surface area contributed by atoms with Crippen LogP contribution in [0.3, 0.4) is 0 Å². The molecule has 0 aromatic rings. The Balaban J connectivity index is 1.54. The molecular formula is C30H50O. The lowest BCUT2D eigenvalue weighted by Crippen LogP contribution is -2.66. The molecule has 10 atom stereocenters. The Kier molecular flexibility index (Phi) is 4.82. The lowest BCUT2D eigenvalue weighted by molar-refractivity contribution is -0.246. The van der Waals surface area contributed by atoms with Gasteiger partial charge in [-0.2, -0.15) is 0 Å². The molecular weight excluding hydrogens is 376 g/mol. The Bertz CT molecular complexity index is 766. The number of fused-ring (bicyclic) bond motifs is 7. The smallest absolute Gasteiger partial charge is 0.0594 e. The first kappa shape index (κ1) is 22.5. The SMILES string of the molecule is C=C(C)[C@@H]1CC[C@]2(C)CC[C@]3(C)C(CCC4[C@@]5(C)CC[C@@H](O)C(C)(C)C5CC[C@]43C)C12. The first-order valence-corrected chi connectivity index (χ1v) is 13.6. The minimum atomic E-state index is -0.118. The summed E-state index contributed by atoms with van der Waals surface area (Å²) >= 11 is 0. The van der Waals surface area contributed by atoms with Crippen LogP contribution < -0.4 is 0 Å². The van der Waals surface area contributed by atoms with Crippen molar-refractivity contribution in [3.63, 3.8) is 0 Å². The van der Waals surface area contributed by atoms with Gasteiger partial charge in [-0.25, -0.2) is 0 Å². The van der Waals surface area contributed by atoms with E-state index in [0.717, 1.165) is 30.1 Å². The van der Waals surface area contributed by atoms with Gasteiger partial charge in [0.1, 0.15) is 0 Å². The van der Waals surface area contributed by atoms with Gasteiger partial charge < -0.3 is 5.11 Å². The van der Waals surface area contributed by atoms with Gasteiger partial charge in [0.05, 0.1) is 6.10 Å². The standard InChI is InChI=1S/C30H50O/c1-19(2)20-11-14-27(5)17-18-29(7)21(25(20)27)9-10-23-28(6)15-13-24(31)26(3,4)22(28)12-16-30(23,29)8/h20-25,31H,1,9-18H2,2-8H3/t20-,21?,22?,23?,24+,25?,27+,28-,29+,30+/m0/s1. The molecule has 5 aliphatic rings. The van der Waals surface area contributed by atoms with Crippen molar-refractivity contribution < 1.29 is 5.11 Å². The molecule has 0 aromatic heterocycles. The van der Waals surface area contributed by atoms with Crippen LogP contribution in [0.5, 0.6) is 0 Å². The first-order valence-electron chi connectivity index (χ1n) is 13.6. The third-order valence-electron chi connectivity index (χ3n) is 13.5. The van der Waals surface area contributed by atoms with Gasteiger partial charge in [0.25, 0.3) is 0 Å². The van der Waals surface area contributed by atoms with Crippen molar-refractivity contribution in [2.75, 3.05) is 0 Å². The summed E-state index contributed by atoms with van der Waals surface area (Å²) in [5.74, 6) is 3.98. The Morgan fingerprint density at radius 1 is 0.742 bits per heavy atom. The number of hydrogen-bond acceptors (Lipinski definition) is 1. The van der Waals surface area contributed by atoms with Gasteiger partial charge >= 0.3 is 0 Å². The van der Waals surface area contributed by atoms with Gasteiger partial charge in [-0.3, -0.25) is 0 Å². The van der Waals surface area contributed by atoms with Crippen molar-refractivity contribution in [3.8, 4) is 0 Å². The molecule has 0 radical (unpaired) electrons. The zero-order chi connectivity index (χ0) is 22.6. The highest BCUT2D eigenvalue weighted by molar-refractivity contribution is 5.21. The maximum Gasteiger partial charge on any atom is 0.0594 e. The van der Waals surface area contributed by atoms with Crippen LogP contribution in [0.25, 0.3) is 0 Å². The fourth-order valence-corrected chi connectivity index (χ4v) is 11.5. The van der Waals surface area contributed by atoms with Crippen molar-refractivity contribution in [3.05, 3.63) is 12.2 Å². The first-order chi connectivity index (χ1) is 14.3. The predicted octanol–water partition coefficient (Wildman–Crippen LogP) is 8.02. The maximum atomic E-state index is 10.9. The second kappa shape index (κ2) is 6.64. The Labute approximate surface area is 192 Å². The van der Waals surface area contributed by atoms with Crippen molar-refractivity contribution in [2.24, 2.45) is 56.7 Å².